The predicted molar refractivity (Wildman–Crippen MR) is 99.8 cm³/mol. The number of nitro benzene ring substituents is 1. The Kier molecular flexibility index (Phi) is 5.33. The molecule has 27 heavy (non-hydrogen) atoms. The molecule has 1 aliphatic heterocycles. The van der Waals surface area contributed by atoms with Crippen LogP contribution in [0.1, 0.15) is 21.5 Å². The molecular weight excluding hydrogens is 346 g/mol. The van der Waals surface area contributed by atoms with E-state index in [9.17, 15) is 14.9 Å². The largest absolute Gasteiger partial charge is 0.393 e. The van der Waals surface area contributed by atoms with Gasteiger partial charge in [0.2, 0.25) is 0 Å². The quantitative estimate of drug-likeness (QED) is 0.503. The second-order valence-corrected chi connectivity index (χ2v) is 6.41. The Hall–Kier alpha value is -3.44. The second kappa shape index (κ2) is 7.85. The van der Waals surface area contributed by atoms with Crippen LogP contribution >= 0.6 is 0 Å². The number of rotatable bonds is 4. The molecule has 0 spiro atoms. The van der Waals surface area contributed by atoms with Gasteiger partial charge >= 0.3 is 0 Å². The van der Waals surface area contributed by atoms with E-state index in [1.807, 2.05) is 12.1 Å². The average Bonchev–Trinajstić information content (AvgIpc) is 2.69. The first-order valence-electron chi connectivity index (χ1n) is 8.52. The fraction of sp³-hybridized carbons (Fsp3) is 0.263. The lowest BCUT2D eigenvalue weighted by atomic mass is 10.1. The summed E-state index contributed by atoms with van der Waals surface area (Å²) in [6, 6.07) is 13.7. The molecule has 2 N–H and O–H groups in total. The van der Waals surface area contributed by atoms with Gasteiger partial charge in [-0.25, -0.2) is 0 Å². The van der Waals surface area contributed by atoms with E-state index < -0.39 is 4.92 Å². The lowest BCUT2D eigenvalue weighted by Gasteiger charge is -2.34. The number of amides is 1. The van der Waals surface area contributed by atoms with E-state index in [2.05, 4.69) is 11.0 Å². The zero-order valence-corrected chi connectivity index (χ0v) is 14.7. The highest BCUT2D eigenvalue weighted by Crippen LogP contribution is 2.23. The zero-order valence-electron chi connectivity index (χ0n) is 14.7. The standard InChI is InChI=1S/C19H19N5O3/c20-12-14-1-3-15(4-2-14)13-22-7-9-23(10-8-22)19(25)16-5-6-17(21)18(11-16)24(26)27/h1-6,11H,7-10,13,21H2. The number of hydrogen-bond acceptors (Lipinski definition) is 6. The topological polar surface area (TPSA) is 116 Å². The van der Waals surface area contributed by atoms with Gasteiger partial charge in [-0.1, -0.05) is 12.1 Å². The van der Waals surface area contributed by atoms with E-state index in [4.69, 9.17) is 11.0 Å². The summed E-state index contributed by atoms with van der Waals surface area (Å²) >= 11 is 0. The van der Waals surface area contributed by atoms with Gasteiger partial charge in [-0.2, -0.15) is 5.26 Å². The summed E-state index contributed by atoms with van der Waals surface area (Å²) in [5.74, 6) is -0.226. The Morgan fingerprint density at radius 1 is 1.15 bits per heavy atom. The number of carbonyl (C=O) groups excluding carboxylic acids is 1. The molecule has 3 rings (SSSR count). The third-order valence-electron chi connectivity index (χ3n) is 4.62. The highest BCUT2D eigenvalue weighted by atomic mass is 16.6. The van der Waals surface area contributed by atoms with E-state index in [-0.39, 0.29) is 22.8 Å². The van der Waals surface area contributed by atoms with Crippen LogP contribution < -0.4 is 5.73 Å². The maximum Gasteiger partial charge on any atom is 0.292 e. The molecule has 0 aromatic heterocycles. The molecule has 0 aliphatic carbocycles. The summed E-state index contributed by atoms with van der Waals surface area (Å²) < 4.78 is 0. The molecule has 2 aromatic carbocycles. The first-order valence-corrected chi connectivity index (χ1v) is 8.52. The summed E-state index contributed by atoms with van der Waals surface area (Å²) in [4.78, 5) is 27.0. The van der Waals surface area contributed by atoms with E-state index in [1.54, 1.807) is 17.0 Å². The third-order valence-corrected chi connectivity index (χ3v) is 4.62. The molecule has 138 valence electrons. The highest BCUT2D eigenvalue weighted by molar-refractivity contribution is 5.95. The second-order valence-electron chi connectivity index (χ2n) is 6.41. The van der Waals surface area contributed by atoms with Crippen LogP contribution in [-0.2, 0) is 6.54 Å². The van der Waals surface area contributed by atoms with Crippen molar-refractivity contribution in [3.63, 3.8) is 0 Å². The minimum atomic E-state index is -0.582. The van der Waals surface area contributed by atoms with Gasteiger partial charge in [-0.15, -0.1) is 0 Å². The number of anilines is 1. The van der Waals surface area contributed by atoms with Gasteiger partial charge in [0.15, 0.2) is 0 Å². The van der Waals surface area contributed by atoms with Gasteiger partial charge < -0.3 is 10.6 Å². The van der Waals surface area contributed by atoms with Gasteiger partial charge in [0.25, 0.3) is 11.6 Å². The normalized spacial score (nSPS) is 14.6. The minimum Gasteiger partial charge on any atom is -0.393 e. The summed E-state index contributed by atoms with van der Waals surface area (Å²) in [5.41, 5.74) is 7.40. The molecular formula is C19H19N5O3. The van der Waals surface area contributed by atoms with Crippen molar-refractivity contribution in [2.24, 2.45) is 0 Å². The van der Waals surface area contributed by atoms with Crippen LogP contribution in [0.15, 0.2) is 42.5 Å². The number of carbonyl (C=O) groups is 1. The van der Waals surface area contributed by atoms with Gasteiger partial charge in [0.1, 0.15) is 5.69 Å². The summed E-state index contributed by atoms with van der Waals surface area (Å²) in [6.07, 6.45) is 0. The van der Waals surface area contributed by atoms with Crippen molar-refractivity contribution < 1.29 is 9.72 Å². The maximum absolute atomic E-state index is 12.6. The minimum absolute atomic E-state index is 0.0452. The molecule has 8 nitrogen and oxygen atoms in total. The lowest BCUT2D eigenvalue weighted by Crippen LogP contribution is -2.48. The Bertz CT molecular complexity index is 897. The van der Waals surface area contributed by atoms with Crippen LogP contribution in [0.25, 0.3) is 0 Å². The molecule has 8 heteroatoms. The van der Waals surface area contributed by atoms with Crippen LogP contribution in [0.3, 0.4) is 0 Å². The Morgan fingerprint density at radius 3 is 2.41 bits per heavy atom. The van der Waals surface area contributed by atoms with Crippen LogP contribution in [-0.4, -0.2) is 46.8 Å². The zero-order chi connectivity index (χ0) is 19.4. The van der Waals surface area contributed by atoms with Gasteiger partial charge in [-0.05, 0) is 29.8 Å². The number of benzene rings is 2. The van der Waals surface area contributed by atoms with Crippen molar-refractivity contribution in [1.82, 2.24) is 9.80 Å². The number of nitriles is 1. The number of piperazine rings is 1. The van der Waals surface area contributed by atoms with E-state index in [1.165, 1.54) is 18.2 Å². The predicted octanol–water partition coefficient (Wildman–Crippen LogP) is 2.01. The molecule has 1 fully saturated rings. The third kappa shape index (κ3) is 4.22. The number of nitro groups is 1. The fourth-order valence-corrected chi connectivity index (χ4v) is 3.07. The molecule has 0 radical (unpaired) electrons. The average molecular weight is 365 g/mol. The van der Waals surface area contributed by atoms with Crippen molar-refractivity contribution in [3.8, 4) is 6.07 Å². The molecule has 0 atom stereocenters. The monoisotopic (exact) mass is 365 g/mol. The van der Waals surface area contributed by atoms with Crippen molar-refractivity contribution in [1.29, 1.82) is 5.26 Å². The first-order chi connectivity index (χ1) is 13.0. The first kappa shape index (κ1) is 18.4. The molecule has 1 aliphatic rings. The smallest absolute Gasteiger partial charge is 0.292 e. The van der Waals surface area contributed by atoms with Crippen molar-refractivity contribution >= 4 is 17.3 Å². The molecule has 0 bridgehead atoms. The van der Waals surface area contributed by atoms with Crippen molar-refractivity contribution in [2.75, 3.05) is 31.9 Å². The van der Waals surface area contributed by atoms with Crippen LogP contribution in [0, 0.1) is 21.4 Å². The number of nitrogen functional groups attached to an aromatic ring is 1. The Morgan fingerprint density at radius 2 is 1.81 bits per heavy atom. The number of nitrogens with zero attached hydrogens (tertiary/aromatic N) is 4. The summed E-state index contributed by atoms with van der Waals surface area (Å²) in [6.45, 7) is 3.27. The van der Waals surface area contributed by atoms with Gasteiger partial charge in [0, 0.05) is 44.4 Å². The maximum atomic E-state index is 12.6. The van der Waals surface area contributed by atoms with Crippen molar-refractivity contribution in [3.05, 3.63) is 69.3 Å². The van der Waals surface area contributed by atoms with E-state index >= 15 is 0 Å². The van der Waals surface area contributed by atoms with E-state index in [0.717, 1.165) is 12.1 Å². The Labute approximate surface area is 156 Å². The SMILES string of the molecule is N#Cc1ccc(CN2CCN(C(=O)c3ccc(N)c([N+](=O)[O-])c3)CC2)cc1. The number of hydrogen-bond donors (Lipinski definition) is 1. The molecule has 0 unspecified atom stereocenters. The van der Waals surface area contributed by atoms with Gasteiger partial charge in [-0.3, -0.25) is 19.8 Å². The lowest BCUT2D eigenvalue weighted by molar-refractivity contribution is -0.383. The van der Waals surface area contributed by atoms with E-state index in [0.29, 0.717) is 31.7 Å². The highest BCUT2D eigenvalue weighted by Gasteiger charge is 2.24. The molecule has 0 saturated carbocycles. The summed E-state index contributed by atoms with van der Waals surface area (Å²) in [5, 5.41) is 19.9. The van der Waals surface area contributed by atoms with Crippen LogP contribution in [0.5, 0.6) is 0 Å². The van der Waals surface area contributed by atoms with Gasteiger partial charge in [0.05, 0.1) is 16.6 Å². The summed E-state index contributed by atoms with van der Waals surface area (Å²) in [7, 11) is 0. The molecule has 2 aromatic rings. The van der Waals surface area contributed by atoms with Crippen molar-refractivity contribution in [2.45, 2.75) is 6.54 Å². The van der Waals surface area contributed by atoms with Crippen LogP contribution in [0.4, 0.5) is 11.4 Å². The molecule has 1 saturated heterocycles. The Balaban J connectivity index is 1.60. The molecule has 1 heterocycles. The number of nitrogens with two attached hydrogens (primary N) is 1. The fourth-order valence-electron chi connectivity index (χ4n) is 3.07. The molecule has 1 amide bonds. The van der Waals surface area contributed by atoms with Crippen LogP contribution in [0.2, 0.25) is 0 Å².